The number of hydrogen-bond acceptors (Lipinski definition) is 3. The number of halogens is 1. The summed E-state index contributed by atoms with van der Waals surface area (Å²) < 4.78 is 10.9. The SMILES string of the molecule is CN=C(NCc1cccc(COC)c1)N(C)CCOCC1CC1.I. The fourth-order valence-corrected chi connectivity index (χ4v) is 2.40. The van der Waals surface area contributed by atoms with Crippen molar-refractivity contribution >= 4 is 29.9 Å². The maximum Gasteiger partial charge on any atom is 0.193 e. The number of guanidine groups is 1. The molecule has 0 saturated heterocycles. The predicted molar refractivity (Wildman–Crippen MR) is 109 cm³/mol. The van der Waals surface area contributed by atoms with Crippen molar-refractivity contribution < 1.29 is 9.47 Å². The lowest BCUT2D eigenvalue weighted by atomic mass is 10.1. The molecule has 1 aliphatic rings. The van der Waals surface area contributed by atoms with Crippen LogP contribution in [0.2, 0.25) is 0 Å². The fourth-order valence-electron chi connectivity index (χ4n) is 2.40. The van der Waals surface area contributed by atoms with Crippen LogP contribution in [0.3, 0.4) is 0 Å². The summed E-state index contributed by atoms with van der Waals surface area (Å²) in [5.41, 5.74) is 2.41. The second-order valence-electron chi connectivity index (χ2n) is 6.09. The molecule has 0 amide bonds. The Bertz CT molecular complexity index is 507. The summed E-state index contributed by atoms with van der Waals surface area (Å²) in [7, 11) is 5.56. The van der Waals surface area contributed by atoms with Crippen LogP contribution in [-0.4, -0.2) is 51.8 Å². The number of ether oxygens (including phenoxy) is 2. The van der Waals surface area contributed by atoms with Crippen molar-refractivity contribution in [1.29, 1.82) is 0 Å². The molecule has 136 valence electrons. The predicted octanol–water partition coefficient (Wildman–Crippen LogP) is 2.88. The number of aliphatic imine (C=N–C) groups is 1. The molecule has 1 aliphatic carbocycles. The highest BCUT2D eigenvalue weighted by Gasteiger charge is 2.21. The van der Waals surface area contributed by atoms with Gasteiger partial charge in [-0.1, -0.05) is 24.3 Å². The number of likely N-dealkylation sites (N-methyl/N-ethyl adjacent to an activating group) is 1. The van der Waals surface area contributed by atoms with Crippen LogP contribution in [0.15, 0.2) is 29.3 Å². The second kappa shape index (κ2) is 11.7. The molecule has 1 N–H and O–H groups in total. The molecule has 0 spiro atoms. The molecule has 0 aromatic heterocycles. The topological polar surface area (TPSA) is 46.1 Å². The first kappa shape index (κ1) is 21.2. The van der Waals surface area contributed by atoms with Crippen LogP contribution < -0.4 is 5.32 Å². The Balaban J connectivity index is 0.00000288. The van der Waals surface area contributed by atoms with E-state index in [1.165, 1.54) is 24.0 Å². The minimum Gasteiger partial charge on any atom is -0.380 e. The van der Waals surface area contributed by atoms with E-state index in [-0.39, 0.29) is 24.0 Å². The van der Waals surface area contributed by atoms with Gasteiger partial charge in [-0.25, -0.2) is 0 Å². The molecule has 24 heavy (non-hydrogen) atoms. The summed E-state index contributed by atoms with van der Waals surface area (Å²) in [5, 5.41) is 3.40. The molecule has 1 aromatic rings. The first-order valence-electron chi connectivity index (χ1n) is 8.29. The van der Waals surface area contributed by atoms with Crippen molar-refractivity contribution in [1.82, 2.24) is 10.2 Å². The fraction of sp³-hybridized carbons (Fsp3) is 0.611. The third-order valence-electron chi connectivity index (χ3n) is 3.95. The van der Waals surface area contributed by atoms with Crippen molar-refractivity contribution in [2.45, 2.75) is 26.0 Å². The highest BCUT2D eigenvalue weighted by Crippen LogP contribution is 2.28. The maximum atomic E-state index is 5.69. The Hall–Kier alpha value is -0.860. The minimum absolute atomic E-state index is 0. The van der Waals surface area contributed by atoms with Gasteiger partial charge in [-0.15, -0.1) is 24.0 Å². The Morgan fingerprint density at radius 1 is 1.33 bits per heavy atom. The van der Waals surface area contributed by atoms with E-state index in [0.717, 1.165) is 38.2 Å². The van der Waals surface area contributed by atoms with Gasteiger partial charge in [-0.05, 0) is 29.9 Å². The second-order valence-corrected chi connectivity index (χ2v) is 6.09. The summed E-state index contributed by atoms with van der Waals surface area (Å²) in [6.45, 7) is 3.89. The zero-order chi connectivity index (χ0) is 16.5. The van der Waals surface area contributed by atoms with E-state index in [1.807, 2.05) is 14.1 Å². The normalized spacial score (nSPS) is 14.2. The summed E-state index contributed by atoms with van der Waals surface area (Å²) >= 11 is 0. The van der Waals surface area contributed by atoms with Gasteiger partial charge in [0, 0.05) is 40.9 Å². The maximum absolute atomic E-state index is 5.69. The first-order chi connectivity index (χ1) is 11.2. The quantitative estimate of drug-likeness (QED) is 0.274. The Morgan fingerprint density at radius 3 is 2.75 bits per heavy atom. The van der Waals surface area contributed by atoms with Crippen LogP contribution in [0.5, 0.6) is 0 Å². The van der Waals surface area contributed by atoms with Gasteiger partial charge >= 0.3 is 0 Å². The molecular formula is C18H30IN3O2. The molecule has 0 radical (unpaired) electrons. The van der Waals surface area contributed by atoms with Gasteiger partial charge in [0.1, 0.15) is 0 Å². The summed E-state index contributed by atoms with van der Waals surface area (Å²) in [6, 6.07) is 8.40. The summed E-state index contributed by atoms with van der Waals surface area (Å²) in [4.78, 5) is 6.44. The molecule has 1 aromatic carbocycles. The van der Waals surface area contributed by atoms with E-state index in [2.05, 4.69) is 39.5 Å². The molecule has 0 atom stereocenters. The average Bonchev–Trinajstić information content (AvgIpc) is 3.37. The lowest BCUT2D eigenvalue weighted by molar-refractivity contribution is 0.115. The van der Waals surface area contributed by atoms with Crippen molar-refractivity contribution in [3.63, 3.8) is 0 Å². The van der Waals surface area contributed by atoms with Crippen molar-refractivity contribution in [2.24, 2.45) is 10.9 Å². The van der Waals surface area contributed by atoms with Crippen LogP contribution in [-0.2, 0) is 22.6 Å². The standard InChI is InChI=1S/C18H29N3O2.HI/c1-19-18(21(2)9-10-23-14-15-7-8-15)20-12-16-5-4-6-17(11-16)13-22-3;/h4-6,11,15H,7-10,12-14H2,1-3H3,(H,19,20);1H. The van der Waals surface area contributed by atoms with Crippen LogP contribution in [0, 0.1) is 5.92 Å². The Kier molecular flexibility index (Phi) is 10.3. The molecule has 5 nitrogen and oxygen atoms in total. The lowest BCUT2D eigenvalue weighted by Crippen LogP contribution is -2.40. The highest BCUT2D eigenvalue weighted by molar-refractivity contribution is 14.0. The van der Waals surface area contributed by atoms with E-state index in [9.17, 15) is 0 Å². The molecule has 0 heterocycles. The van der Waals surface area contributed by atoms with E-state index in [4.69, 9.17) is 9.47 Å². The molecule has 0 unspecified atom stereocenters. The number of benzene rings is 1. The largest absolute Gasteiger partial charge is 0.380 e. The average molecular weight is 447 g/mol. The van der Waals surface area contributed by atoms with Crippen LogP contribution >= 0.6 is 24.0 Å². The van der Waals surface area contributed by atoms with Crippen molar-refractivity contribution in [2.75, 3.05) is 41.0 Å². The van der Waals surface area contributed by atoms with E-state index in [1.54, 1.807) is 7.11 Å². The van der Waals surface area contributed by atoms with Gasteiger partial charge in [0.2, 0.25) is 0 Å². The molecule has 1 saturated carbocycles. The lowest BCUT2D eigenvalue weighted by Gasteiger charge is -2.22. The van der Waals surface area contributed by atoms with E-state index < -0.39 is 0 Å². The third kappa shape index (κ3) is 7.81. The minimum atomic E-state index is 0. The van der Waals surface area contributed by atoms with Gasteiger partial charge in [-0.2, -0.15) is 0 Å². The molecular weight excluding hydrogens is 417 g/mol. The number of nitrogens with zero attached hydrogens (tertiary/aromatic N) is 2. The van der Waals surface area contributed by atoms with Crippen LogP contribution in [0.1, 0.15) is 24.0 Å². The number of methoxy groups -OCH3 is 1. The molecule has 1 fully saturated rings. The van der Waals surface area contributed by atoms with Gasteiger partial charge in [0.05, 0.1) is 13.2 Å². The van der Waals surface area contributed by atoms with Gasteiger partial charge in [0.25, 0.3) is 0 Å². The van der Waals surface area contributed by atoms with Gasteiger partial charge in [-0.3, -0.25) is 4.99 Å². The summed E-state index contributed by atoms with van der Waals surface area (Å²) in [6.07, 6.45) is 2.67. The summed E-state index contributed by atoms with van der Waals surface area (Å²) in [5.74, 6) is 1.70. The number of nitrogens with one attached hydrogen (secondary N) is 1. The highest BCUT2D eigenvalue weighted by atomic mass is 127. The Morgan fingerprint density at radius 2 is 2.08 bits per heavy atom. The van der Waals surface area contributed by atoms with Crippen molar-refractivity contribution in [3.8, 4) is 0 Å². The Labute approximate surface area is 162 Å². The molecule has 0 bridgehead atoms. The van der Waals surface area contributed by atoms with Crippen LogP contribution in [0.25, 0.3) is 0 Å². The van der Waals surface area contributed by atoms with E-state index in [0.29, 0.717) is 6.61 Å². The zero-order valence-corrected chi connectivity index (χ0v) is 17.3. The van der Waals surface area contributed by atoms with Gasteiger partial charge < -0.3 is 19.7 Å². The zero-order valence-electron chi connectivity index (χ0n) is 15.0. The molecule has 2 rings (SSSR count). The number of rotatable bonds is 9. The smallest absolute Gasteiger partial charge is 0.193 e. The monoisotopic (exact) mass is 447 g/mol. The van der Waals surface area contributed by atoms with Crippen molar-refractivity contribution in [3.05, 3.63) is 35.4 Å². The molecule has 0 aliphatic heterocycles. The molecule has 6 heteroatoms. The van der Waals surface area contributed by atoms with Gasteiger partial charge in [0.15, 0.2) is 5.96 Å². The van der Waals surface area contributed by atoms with Crippen LogP contribution in [0.4, 0.5) is 0 Å². The first-order valence-corrected chi connectivity index (χ1v) is 8.29. The third-order valence-corrected chi connectivity index (χ3v) is 3.95. The van der Waals surface area contributed by atoms with E-state index >= 15 is 0 Å². The number of hydrogen-bond donors (Lipinski definition) is 1.